The first kappa shape index (κ1) is 12.7. The zero-order valence-electron chi connectivity index (χ0n) is 10.3. The van der Waals surface area contributed by atoms with Crippen LogP contribution in [0.3, 0.4) is 0 Å². The summed E-state index contributed by atoms with van der Waals surface area (Å²) in [5.41, 5.74) is 7.72. The number of aliphatic hydroxyl groups excluding tert-OH is 1. The topological polar surface area (TPSA) is 84.8 Å². The van der Waals surface area contributed by atoms with Crippen molar-refractivity contribution < 1.29 is 14.3 Å². The molecule has 3 N–H and O–H groups in total. The van der Waals surface area contributed by atoms with Crippen molar-refractivity contribution in [3.63, 3.8) is 0 Å². The summed E-state index contributed by atoms with van der Waals surface area (Å²) in [5.74, 6) is 0. The Labute approximate surface area is 105 Å². The van der Waals surface area contributed by atoms with E-state index < -0.39 is 0 Å². The summed E-state index contributed by atoms with van der Waals surface area (Å²) in [6.45, 7) is 1.64. The lowest BCUT2D eigenvalue weighted by Crippen LogP contribution is -2.30. The van der Waals surface area contributed by atoms with E-state index in [1.807, 2.05) is 11.0 Å². The zero-order valence-corrected chi connectivity index (χ0v) is 10.3. The molecular formula is C12H17N3O3. The van der Waals surface area contributed by atoms with Gasteiger partial charge in [-0.2, -0.15) is 4.98 Å². The van der Waals surface area contributed by atoms with Crippen LogP contribution in [0.2, 0.25) is 0 Å². The van der Waals surface area contributed by atoms with E-state index in [-0.39, 0.29) is 6.61 Å². The fraction of sp³-hybridized carbons (Fsp3) is 0.417. The molecule has 1 aromatic heterocycles. The number of aromatic nitrogens is 1. The molecule has 6 heteroatoms. The maximum atomic E-state index is 9.04. The Kier molecular flexibility index (Phi) is 4.01. The average molecular weight is 251 g/mol. The van der Waals surface area contributed by atoms with Crippen molar-refractivity contribution in [1.82, 2.24) is 4.98 Å². The molecule has 0 unspecified atom stereocenters. The van der Waals surface area contributed by atoms with Gasteiger partial charge in [-0.3, -0.25) is 0 Å². The van der Waals surface area contributed by atoms with Crippen molar-refractivity contribution in [3.05, 3.63) is 18.2 Å². The van der Waals surface area contributed by atoms with Crippen LogP contribution in [0.25, 0.3) is 11.1 Å². The van der Waals surface area contributed by atoms with Gasteiger partial charge in [-0.15, -0.1) is 0 Å². The van der Waals surface area contributed by atoms with E-state index in [0.29, 0.717) is 37.0 Å². The fourth-order valence-corrected chi connectivity index (χ4v) is 1.69. The van der Waals surface area contributed by atoms with Gasteiger partial charge in [0.15, 0.2) is 5.58 Å². The van der Waals surface area contributed by atoms with Crippen LogP contribution >= 0.6 is 0 Å². The van der Waals surface area contributed by atoms with Gasteiger partial charge in [0.1, 0.15) is 5.52 Å². The fourth-order valence-electron chi connectivity index (χ4n) is 1.69. The van der Waals surface area contributed by atoms with E-state index in [2.05, 4.69) is 4.98 Å². The van der Waals surface area contributed by atoms with Crippen molar-refractivity contribution in [3.8, 4) is 0 Å². The number of ether oxygens (including phenoxy) is 1. The highest BCUT2D eigenvalue weighted by molar-refractivity contribution is 5.78. The number of methoxy groups -OCH3 is 1. The van der Waals surface area contributed by atoms with Crippen molar-refractivity contribution in [2.24, 2.45) is 0 Å². The normalized spacial score (nSPS) is 11.0. The molecule has 0 aliphatic carbocycles. The summed E-state index contributed by atoms with van der Waals surface area (Å²) in [7, 11) is 1.63. The third-order valence-electron chi connectivity index (χ3n) is 2.61. The lowest BCUT2D eigenvalue weighted by molar-refractivity contribution is 0.201. The number of hydrogen-bond donors (Lipinski definition) is 2. The summed E-state index contributed by atoms with van der Waals surface area (Å²) in [4.78, 5) is 6.20. The molecule has 0 bridgehead atoms. The van der Waals surface area contributed by atoms with Crippen LogP contribution in [-0.4, -0.2) is 43.5 Å². The summed E-state index contributed by atoms with van der Waals surface area (Å²) in [5, 5.41) is 9.04. The Morgan fingerprint density at radius 1 is 1.44 bits per heavy atom. The van der Waals surface area contributed by atoms with E-state index >= 15 is 0 Å². The minimum Gasteiger partial charge on any atom is -0.423 e. The Morgan fingerprint density at radius 3 is 3.00 bits per heavy atom. The number of rotatable bonds is 6. The first-order valence-corrected chi connectivity index (χ1v) is 5.75. The molecule has 98 valence electrons. The third-order valence-corrected chi connectivity index (χ3v) is 2.61. The SMILES string of the molecule is COCCN(CCO)c1nc2ccc(N)cc2o1. The lowest BCUT2D eigenvalue weighted by Gasteiger charge is -2.18. The predicted octanol–water partition coefficient (Wildman–Crippen LogP) is 0.855. The van der Waals surface area contributed by atoms with E-state index in [1.165, 1.54) is 0 Å². The van der Waals surface area contributed by atoms with Crippen molar-refractivity contribution in [2.75, 3.05) is 44.0 Å². The minimum atomic E-state index is 0.0323. The number of nitrogens with zero attached hydrogens (tertiary/aromatic N) is 2. The number of nitrogens with two attached hydrogens (primary N) is 1. The standard InChI is InChI=1S/C12H17N3O3/c1-17-7-5-15(4-6-16)12-14-10-3-2-9(13)8-11(10)18-12/h2-3,8,16H,4-7,13H2,1H3. The summed E-state index contributed by atoms with van der Waals surface area (Å²) in [6.07, 6.45) is 0. The van der Waals surface area contributed by atoms with Crippen molar-refractivity contribution in [2.45, 2.75) is 0 Å². The molecule has 0 aliphatic rings. The molecule has 0 radical (unpaired) electrons. The molecule has 0 amide bonds. The van der Waals surface area contributed by atoms with Crippen LogP contribution in [0, 0.1) is 0 Å². The highest BCUT2D eigenvalue weighted by Gasteiger charge is 2.13. The van der Waals surface area contributed by atoms with Crippen LogP contribution < -0.4 is 10.6 Å². The van der Waals surface area contributed by atoms with Gasteiger partial charge in [-0.25, -0.2) is 0 Å². The highest BCUT2D eigenvalue weighted by Crippen LogP contribution is 2.23. The van der Waals surface area contributed by atoms with Crippen molar-refractivity contribution >= 4 is 22.8 Å². The average Bonchev–Trinajstić information content (AvgIpc) is 2.77. The van der Waals surface area contributed by atoms with Crippen LogP contribution in [-0.2, 0) is 4.74 Å². The molecule has 0 saturated heterocycles. The zero-order chi connectivity index (χ0) is 13.0. The molecular weight excluding hydrogens is 234 g/mol. The van der Waals surface area contributed by atoms with E-state index in [1.54, 1.807) is 19.2 Å². The molecule has 2 aromatic rings. The smallest absolute Gasteiger partial charge is 0.298 e. The Bertz CT molecular complexity index is 512. The van der Waals surface area contributed by atoms with Gasteiger partial charge in [0.05, 0.1) is 13.2 Å². The number of aliphatic hydroxyl groups is 1. The minimum absolute atomic E-state index is 0.0323. The largest absolute Gasteiger partial charge is 0.423 e. The van der Waals surface area contributed by atoms with E-state index in [4.69, 9.17) is 20.0 Å². The Hall–Kier alpha value is -1.79. The van der Waals surface area contributed by atoms with Crippen LogP contribution in [0.1, 0.15) is 0 Å². The number of nitrogen functional groups attached to an aromatic ring is 1. The highest BCUT2D eigenvalue weighted by atomic mass is 16.5. The molecule has 0 fully saturated rings. The first-order valence-electron chi connectivity index (χ1n) is 5.75. The van der Waals surface area contributed by atoms with Gasteiger partial charge in [-0.05, 0) is 12.1 Å². The number of anilines is 2. The molecule has 1 heterocycles. The number of oxazole rings is 1. The number of benzene rings is 1. The van der Waals surface area contributed by atoms with Gasteiger partial charge in [-0.1, -0.05) is 0 Å². The second kappa shape index (κ2) is 5.70. The van der Waals surface area contributed by atoms with Crippen LogP contribution in [0.4, 0.5) is 11.7 Å². The third kappa shape index (κ3) is 2.72. The molecule has 18 heavy (non-hydrogen) atoms. The second-order valence-corrected chi connectivity index (χ2v) is 3.93. The van der Waals surface area contributed by atoms with Crippen LogP contribution in [0.5, 0.6) is 0 Å². The predicted molar refractivity (Wildman–Crippen MR) is 69.6 cm³/mol. The summed E-state index contributed by atoms with van der Waals surface area (Å²) in [6, 6.07) is 5.80. The number of fused-ring (bicyclic) bond motifs is 1. The molecule has 0 atom stereocenters. The second-order valence-electron chi connectivity index (χ2n) is 3.93. The first-order chi connectivity index (χ1) is 8.74. The van der Waals surface area contributed by atoms with Gasteiger partial charge < -0.3 is 24.9 Å². The van der Waals surface area contributed by atoms with Gasteiger partial charge in [0.25, 0.3) is 6.01 Å². The molecule has 2 rings (SSSR count). The molecule has 1 aromatic carbocycles. The Morgan fingerprint density at radius 2 is 2.28 bits per heavy atom. The summed E-state index contributed by atoms with van der Waals surface area (Å²) >= 11 is 0. The Balaban J connectivity index is 2.26. The molecule has 0 saturated carbocycles. The van der Waals surface area contributed by atoms with Gasteiger partial charge in [0.2, 0.25) is 0 Å². The maximum Gasteiger partial charge on any atom is 0.298 e. The lowest BCUT2D eigenvalue weighted by atomic mass is 10.3. The molecule has 6 nitrogen and oxygen atoms in total. The van der Waals surface area contributed by atoms with Crippen molar-refractivity contribution in [1.29, 1.82) is 0 Å². The quantitative estimate of drug-likeness (QED) is 0.740. The van der Waals surface area contributed by atoms with Gasteiger partial charge >= 0.3 is 0 Å². The maximum absolute atomic E-state index is 9.04. The van der Waals surface area contributed by atoms with E-state index in [0.717, 1.165) is 5.52 Å². The van der Waals surface area contributed by atoms with E-state index in [9.17, 15) is 0 Å². The molecule has 0 aliphatic heterocycles. The number of hydrogen-bond acceptors (Lipinski definition) is 6. The van der Waals surface area contributed by atoms with Crippen LogP contribution in [0.15, 0.2) is 22.6 Å². The van der Waals surface area contributed by atoms with Gasteiger partial charge in [0, 0.05) is 32.0 Å². The summed E-state index contributed by atoms with van der Waals surface area (Å²) < 4.78 is 10.6. The monoisotopic (exact) mass is 251 g/mol. The molecule has 0 spiro atoms.